The van der Waals surface area contributed by atoms with Crippen molar-refractivity contribution >= 4 is 78.7 Å². The van der Waals surface area contributed by atoms with E-state index in [1.165, 1.54) is 62.0 Å². The number of hydrogen-bond acceptors (Lipinski definition) is 2. The van der Waals surface area contributed by atoms with Crippen LogP contribution in [0.1, 0.15) is 51.4 Å². The van der Waals surface area contributed by atoms with Gasteiger partial charge in [0.1, 0.15) is 0 Å². The molecule has 0 saturated heterocycles. The van der Waals surface area contributed by atoms with Gasteiger partial charge < -0.3 is 0 Å². The van der Waals surface area contributed by atoms with Crippen LogP contribution in [-0.2, 0) is 9.05 Å². The Kier molecular flexibility index (Phi) is 15.6. The van der Waals surface area contributed by atoms with Gasteiger partial charge in [-0.15, -0.1) is 0 Å². The normalized spacial score (nSPS) is 15.2. The molecular formula is C24H36O2P2Se4. The van der Waals surface area contributed by atoms with E-state index in [1.54, 1.807) is 0 Å². The summed E-state index contributed by atoms with van der Waals surface area (Å²) >= 11 is 7.81. The third kappa shape index (κ3) is 10.5. The van der Waals surface area contributed by atoms with Gasteiger partial charge in [-0.25, -0.2) is 0 Å². The number of benzene rings is 2. The quantitative estimate of drug-likeness (QED) is 0.110. The Morgan fingerprint density at radius 2 is 0.875 bits per heavy atom. The predicted octanol–water partition coefficient (Wildman–Crippen LogP) is 6.16. The fourth-order valence-corrected chi connectivity index (χ4v) is 15.0. The van der Waals surface area contributed by atoms with Crippen LogP contribution < -0.4 is 10.6 Å². The van der Waals surface area contributed by atoms with Crippen molar-refractivity contribution in [1.29, 1.82) is 0 Å². The Morgan fingerprint density at radius 3 is 1.19 bits per heavy atom. The van der Waals surface area contributed by atoms with Gasteiger partial charge in [-0.05, 0) is 0 Å². The molecule has 0 saturated carbocycles. The zero-order valence-electron chi connectivity index (χ0n) is 19.2. The van der Waals surface area contributed by atoms with E-state index in [1.807, 2.05) is 0 Å². The monoisotopic (exact) mass is 738 g/mol. The molecule has 0 bridgehead atoms. The van der Waals surface area contributed by atoms with Crippen LogP contribution in [0.3, 0.4) is 0 Å². The second kappa shape index (κ2) is 16.9. The van der Waals surface area contributed by atoms with Gasteiger partial charge in [0.2, 0.25) is 0 Å². The van der Waals surface area contributed by atoms with Gasteiger partial charge in [0.15, 0.2) is 0 Å². The van der Waals surface area contributed by atoms with E-state index in [0.717, 1.165) is 13.2 Å². The summed E-state index contributed by atoms with van der Waals surface area (Å²) in [4.78, 5) is 0. The van der Waals surface area contributed by atoms with Crippen LogP contribution in [-0.4, -0.2) is 72.4 Å². The summed E-state index contributed by atoms with van der Waals surface area (Å²) in [6, 6.07) is 21.5. The number of unbranched alkanes of at least 4 members (excludes halogenated alkanes) is 7. The zero-order valence-corrected chi connectivity index (χ0v) is 27.8. The summed E-state index contributed by atoms with van der Waals surface area (Å²) in [7, 11) is 0. The van der Waals surface area contributed by atoms with E-state index in [2.05, 4.69) is 103 Å². The Hall–Kier alpha value is 1.30. The molecule has 178 valence electrons. The minimum atomic E-state index is -1.49. The van der Waals surface area contributed by atoms with Gasteiger partial charge in [-0.1, -0.05) is 0 Å². The minimum absolute atomic E-state index is 0.481. The van der Waals surface area contributed by atoms with E-state index in [4.69, 9.17) is 9.05 Å². The van der Waals surface area contributed by atoms with Gasteiger partial charge >= 0.3 is 225 Å². The van der Waals surface area contributed by atoms with Gasteiger partial charge in [-0.3, -0.25) is 0 Å². The molecule has 0 spiro atoms. The molecule has 2 atom stereocenters. The molecule has 2 nitrogen and oxygen atoms in total. The molecule has 8 heteroatoms. The first-order valence-electron chi connectivity index (χ1n) is 11.3. The summed E-state index contributed by atoms with van der Waals surface area (Å²) < 4.78 is 9.78. The third-order valence-electron chi connectivity index (χ3n) is 5.19. The molecule has 2 unspecified atom stereocenters. The topological polar surface area (TPSA) is 18.5 Å². The maximum atomic E-state index is 6.38. The van der Waals surface area contributed by atoms with Crippen LogP contribution in [0.2, 0.25) is 11.6 Å². The van der Waals surface area contributed by atoms with Gasteiger partial charge in [-0.2, -0.15) is 0 Å². The molecule has 0 radical (unpaired) electrons. The van der Waals surface area contributed by atoms with Crippen molar-refractivity contribution in [3.8, 4) is 0 Å². The molecule has 2 aromatic carbocycles. The molecule has 0 heterocycles. The fraction of sp³-hybridized carbons (Fsp3) is 0.500. The summed E-state index contributed by atoms with van der Waals surface area (Å²) in [5, 5.41) is 2.74. The van der Waals surface area contributed by atoms with E-state index < -0.39 is 8.85 Å². The van der Waals surface area contributed by atoms with Crippen LogP contribution in [0, 0.1) is 0 Å². The zero-order chi connectivity index (χ0) is 23.1. The molecule has 0 aliphatic heterocycles. The molecule has 0 aliphatic rings. The summed E-state index contributed by atoms with van der Waals surface area (Å²) in [6.07, 6.45) is 10.3. The Labute approximate surface area is 222 Å². The summed E-state index contributed by atoms with van der Waals surface area (Å²) in [6.45, 7) is 1.78. The Balaban J connectivity index is 1.49. The molecular weight excluding hydrogens is 698 g/mol. The van der Waals surface area contributed by atoms with Crippen LogP contribution in [0.5, 0.6) is 0 Å². The average molecular weight is 734 g/mol. The second-order valence-electron chi connectivity index (χ2n) is 7.53. The Bertz CT molecular complexity index is 778. The molecule has 2 rings (SSSR count). The van der Waals surface area contributed by atoms with Crippen molar-refractivity contribution in [2.45, 2.75) is 63.0 Å². The fourth-order valence-electron chi connectivity index (χ4n) is 3.32. The van der Waals surface area contributed by atoms with Crippen LogP contribution in [0.25, 0.3) is 0 Å². The van der Waals surface area contributed by atoms with Crippen molar-refractivity contribution in [3.63, 3.8) is 0 Å². The maximum absolute atomic E-state index is 6.38. The summed E-state index contributed by atoms with van der Waals surface area (Å²) in [5.74, 6) is 4.58. The molecule has 2 aromatic rings. The van der Waals surface area contributed by atoms with Crippen LogP contribution >= 0.6 is 8.85 Å². The first kappa shape index (κ1) is 29.5. The molecule has 0 N–H and O–H groups in total. The molecule has 0 fully saturated rings. The van der Waals surface area contributed by atoms with Crippen molar-refractivity contribution in [3.05, 3.63) is 60.7 Å². The number of hydrogen-bond donors (Lipinski definition) is 0. The van der Waals surface area contributed by atoms with E-state index >= 15 is 0 Å². The first-order chi connectivity index (χ1) is 15.5. The SMILES string of the molecule is C[Se]P(=[Se])(OCCCCCCCCCCOP(=[Se])([Se]C)c1ccccc1)c1ccccc1. The van der Waals surface area contributed by atoms with Gasteiger partial charge in [0.05, 0.1) is 0 Å². The standard InChI is InChI=1S/C24H36O2P2Se4/c1-31-27(29,23-17-11-9-12-18-23)25-21-15-7-5-3-4-6-8-16-22-26-28(30,32-2)24-19-13-10-14-20-24/h9-14,17-20H,3-8,15-16,21-22H2,1-2H3. The van der Waals surface area contributed by atoms with E-state index in [-0.39, 0.29) is 0 Å². The predicted molar refractivity (Wildman–Crippen MR) is 150 cm³/mol. The average Bonchev–Trinajstić information content (AvgIpc) is 2.85. The Morgan fingerprint density at radius 1 is 0.562 bits per heavy atom. The van der Waals surface area contributed by atoms with Crippen LogP contribution in [0.4, 0.5) is 0 Å². The van der Waals surface area contributed by atoms with E-state index in [0.29, 0.717) is 29.0 Å². The van der Waals surface area contributed by atoms with Crippen molar-refractivity contribution in [2.24, 2.45) is 0 Å². The van der Waals surface area contributed by atoms with Crippen molar-refractivity contribution in [2.75, 3.05) is 13.2 Å². The summed E-state index contributed by atoms with van der Waals surface area (Å²) in [5.41, 5.74) is 0. The third-order valence-corrected chi connectivity index (χ3v) is 32.8. The first-order valence-corrected chi connectivity index (χ1v) is 27.0. The molecule has 0 aromatic heterocycles. The number of rotatable bonds is 17. The second-order valence-corrected chi connectivity index (χ2v) is 36.4. The van der Waals surface area contributed by atoms with Crippen molar-refractivity contribution < 1.29 is 9.05 Å². The van der Waals surface area contributed by atoms with Gasteiger partial charge in [0.25, 0.3) is 0 Å². The van der Waals surface area contributed by atoms with Gasteiger partial charge in [0, 0.05) is 0 Å². The van der Waals surface area contributed by atoms with Crippen molar-refractivity contribution in [1.82, 2.24) is 0 Å². The molecule has 0 aliphatic carbocycles. The van der Waals surface area contributed by atoms with E-state index in [9.17, 15) is 0 Å². The van der Waals surface area contributed by atoms with Crippen LogP contribution in [0.15, 0.2) is 60.7 Å². The molecule has 32 heavy (non-hydrogen) atoms. The molecule has 0 amide bonds.